The van der Waals surface area contributed by atoms with E-state index in [9.17, 15) is 10.0 Å². The first kappa shape index (κ1) is 16.7. The van der Waals surface area contributed by atoms with Crippen molar-refractivity contribution in [2.75, 3.05) is 14.2 Å². The minimum Gasteiger partial charge on any atom is -0.629 e. The van der Waals surface area contributed by atoms with E-state index < -0.39 is 6.16 Å². The Morgan fingerprint density at radius 3 is 2.50 bits per heavy atom. The normalized spacial score (nSPS) is 26.3. The zero-order valence-electron chi connectivity index (χ0n) is 13.2. The lowest BCUT2D eigenvalue weighted by Crippen LogP contribution is -2.98. The third-order valence-electron chi connectivity index (χ3n) is 4.01. The average Bonchev–Trinajstić information content (AvgIpc) is 2.49. The van der Waals surface area contributed by atoms with Crippen LogP contribution < -0.4 is 9.80 Å². The number of methoxy groups -OCH3 is 1. The number of hydroxylamine groups is 1. The van der Waals surface area contributed by atoms with Gasteiger partial charge < -0.3 is 24.5 Å². The minimum absolute atomic E-state index is 0.0339. The SMILES string of the molecule is CO[C@@H]1C[C@H](C)CC[C@H]1OC(=O)Oc1ccc([NH+](C)[O-])cc1. The Morgan fingerprint density at radius 2 is 1.91 bits per heavy atom. The van der Waals surface area contributed by atoms with Gasteiger partial charge in [0.1, 0.15) is 17.5 Å². The molecule has 0 saturated heterocycles. The largest absolute Gasteiger partial charge is 0.629 e. The van der Waals surface area contributed by atoms with Crippen LogP contribution in [0.4, 0.5) is 10.5 Å². The molecule has 0 heterocycles. The van der Waals surface area contributed by atoms with Gasteiger partial charge in [-0.1, -0.05) is 6.92 Å². The quantitative estimate of drug-likeness (QED) is 0.523. The minimum atomic E-state index is -0.739. The summed E-state index contributed by atoms with van der Waals surface area (Å²) < 4.78 is 15.9. The average molecular weight is 309 g/mol. The van der Waals surface area contributed by atoms with E-state index in [1.165, 1.54) is 7.05 Å². The van der Waals surface area contributed by atoms with Gasteiger partial charge in [0.05, 0.1) is 13.2 Å². The number of nitrogens with one attached hydrogen (secondary N) is 1. The molecule has 1 N–H and O–H groups in total. The second-order valence-electron chi connectivity index (χ2n) is 5.78. The first-order valence-electron chi connectivity index (χ1n) is 7.52. The molecule has 0 aromatic heterocycles. The Kier molecular flexibility index (Phi) is 5.76. The van der Waals surface area contributed by atoms with Crippen LogP contribution in [0.25, 0.3) is 0 Å². The van der Waals surface area contributed by atoms with E-state index in [0.29, 0.717) is 17.4 Å². The van der Waals surface area contributed by atoms with Gasteiger partial charge in [0.25, 0.3) is 0 Å². The van der Waals surface area contributed by atoms with E-state index in [-0.39, 0.29) is 17.3 Å². The lowest BCUT2D eigenvalue weighted by Gasteiger charge is -2.32. The monoisotopic (exact) mass is 309 g/mol. The summed E-state index contributed by atoms with van der Waals surface area (Å²) in [6.45, 7) is 2.16. The van der Waals surface area contributed by atoms with Crippen molar-refractivity contribution in [2.24, 2.45) is 5.92 Å². The number of quaternary nitrogens is 1. The van der Waals surface area contributed by atoms with Gasteiger partial charge in [0, 0.05) is 19.2 Å². The Morgan fingerprint density at radius 1 is 1.23 bits per heavy atom. The van der Waals surface area contributed by atoms with Crippen molar-refractivity contribution in [3.8, 4) is 5.75 Å². The van der Waals surface area contributed by atoms with Crippen molar-refractivity contribution >= 4 is 11.8 Å². The fraction of sp³-hybridized carbons (Fsp3) is 0.562. The van der Waals surface area contributed by atoms with Gasteiger partial charge in [-0.2, -0.15) is 0 Å². The molecule has 0 bridgehead atoms. The number of benzene rings is 1. The number of ether oxygens (including phenoxy) is 3. The Balaban J connectivity index is 1.89. The predicted molar refractivity (Wildman–Crippen MR) is 81.1 cm³/mol. The maximum absolute atomic E-state index is 11.9. The third-order valence-corrected chi connectivity index (χ3v) is 4.01. The molecular formula is C16H23NO5. The van der Waals surface area contributed by atoms with Crippen LogP contribution in [0.1, 0.15) is 26.2 Å². The Labute approximate surface area is 130 Å². The van der Waals surface area contributed by atoms with E-state index in [2.05, 4.69) is 6.92 Å². The molecule has 1 aromatic rings. The van der Waals surface area contributed by atoms with Crippen LogP contribution >= 0.6 is 0 Å². The first-order chi connectivity index (χ1) is 10.5. The first-order valence-corrected chi connectivity index (χ1v) is 7.52. The molecule has 4 atom stereocenters. The van der Waals surface area contributed by atoms with Crippen LogP contribution in [-0.4, -0.2) is 32.5 Å². The molecular weight excluding hydrogens is 286 g/mol. The van der Waals surface area contributed by atoms with Gasteiger partial charge in [-0.15, -0.1) is 0 Å². The highest BCUT2D eigenvalue weighted by Crippen LogP contribution is 2.28. The number of hydrogen-bond donors (Lipinski definition) is 1. The summed E-state index contributed by atoms with van der Waals surface area (Å²) in [6.07, 6.45) is 1.56. The van der Waals surface area contributed by atoms with E-state index in [1.54, 1.807) is 31.4 Å². The van der Waals surface area contributed by atoms with Crippen molar-refractivity contribution in [3.63, 3.8) is 0 Å². The van der Waals surface area contributed by atoms with E-state index in [1.807, 2.05) is 0 Å². The molecule has 1 saturated carbocycles. The van der Waals surface area contributed by atoms with Crippen LogP contribution in [0.3, 0.4) is 0 Å². The summed E-state index contributed by atoms with van der Waals surface area (Å²) in [4.78, 5) is 11.9. The van der Waals surface area contributed by atoms with Crippen molar-refractivity contribution in [1.29, 1.82) is 0 Å². The van der Waals surface area contributed by atoms with Crippen molar-refractivity contribution in [1.82, 2.24) is 0 Å². The zero-order chi connectivity index (χ0) is 16.1. The van der Waals surface area contributed by atoms with Gasteiger partial charge >= 0.3 is 6.16 Å². The van der Waals surface area contributed by atoms with Gasteiger partial charge in [-0.05, 0) is 37.3 Å². The summed E-state index contributed by atoms with van der Waals surface area (Å²) in [5.74, 6) is 0.924. The van der Waals surface area contributed by atoms with Crippen LogP contribution in [0.5, 0.6) is 5.75 Å². The van der Waals surface area contributed by atoms with Crippen LogP contribution in [-0.2, 0) is 9.47 Å². The van der Waals surface area contributed by atoms with Gasteiger partial charge in [0.15, 0.2) is 0 Å². The highest BCUT2D eigenvalue weighted by atomic mass is 16.7. The molecule has 0 aliphatic heterocycles. The van der Waals surface area contributed by atoms with Crippen molar-refractivity contribution in [2.45, 2.75) is 38.4 Å². The van der Waals surface area contributed by atoms with E-state index in [0.717, 1.165) is 19.3 Å². The second kappa shape index (κ2) is 7.58. The number of carbonyl (C=O) groups is 1. The molecule has 6 heteroatoms. The molecule has 122 valence electrons. The lowest BCUT2D eigenvalue weighted by atomic mass is 9.86. The van der Waals surface area contributed by atoms with E-state index >= 15 is 0 Å². The van der Waals surface area contributed by atoms with Crippen LogP contribution in [0, 0.1) is 11.1 Å². The third kappa shape index (κ3) is 4.43. The standard InChI is InChI=1S/C16H23NO5/c1-11-4-9-14(15(10-11)20-3)22-16(18)21-13-7-5-12(6-8-13)17(2)19/h5-8,11,14-15,17H,4,9-10H2,1-3H3/t11-,14-,15-/m1/s1. The molecule has 6 nitrogen and oxygen atoms in total. The molecule has 1 fully saturated rings. The molecule has 1 aliphatic carbocycles. The summed E-state index contributed by atoms with van der Waals surface area (Å²) in [6, 6.07) is 6.39. The zero-order valence-corrected chi connectivity index (χ0v) is 13.2. The van der Waals surface area contributed by atoms with Crippen LogP contribution in [0.15, 0.2) is 24.3 Å². The van der Waals surface area contributed by atoms with Gasteiger partial charge in [-0.3, -0.25) is 0 Å². The molecule has 1 unspecified atom stereocenters. The molecule has 22 heavy (non-hydrogen) atoms. The van der Waals surface area contributed by atoms with E-state index in [4.69, 9.17) is 14.2 Å². The topological polar surface area (TPSA) is 72.3 Å². The second-order valence-corrected chi connectivity index (χ2v) is 5.78. The molecule has 0 amide bonds. The van der Waals surface area contributed by atoms with Gasteiger partial charge in [-0.25, -0.2) is 4.79 Å². The highest BCUT2D eigenvalue weighted by Gasteiger charge is 2.32. The molecule has 0 spiro atoms. The summed E-state index contributed by atoms with van der Waals surface area (Å²) in [5.41, 5.74) is 0.571. The maximum atomic E-state index is 11.9. The number of carbonyl (C=O) groups excluding carboxylic acids is 1. The highest BCUT2D eigenvalue weighted by molar-refractivity contribution is 5.64. The summed E-state index contributed by atoms with van der Waals surface area (Å²) in [7, 11) is 3.12. The van der Waals surface area contributed by atoms with Crippen molar-refractivity contribution < 1.29 is 24.1 Å². The number of hydrogen-bond acceptors (Lipinski definition) is 5. The lowest BCUT2D eigenvalue weighted by molar-refractivity contribution is -0.751. The number of rotatable bonds is 4. The Bertz CT molecular complexity index is 488. The van der Waals surface area contributed by atoms with Crippen molar-refractivity contribution in [3.05, 3.63) is 29.5 Å². The fourth-order valence-corrected chi connectivity index (χ4v) is 2.69. The summed E-state index contributed by atoms with van der Waals surface area (Å²) in [5, 5.41) is 11.2. The van der Waals surface area contributed by atoms with Gasteiger partial charge in [0.2, 0.25) is 0 Å². The van der Waals surface area contributed by atoms with Crippen LogP contribution in [0.2, 0.25) is 0 Å². The molecule has 0 radical (unpaired) electrons. The smallest absolute Gasteiger partial charge is 0.514 e. The Hall–Kier alpha value is -1.63. The fourth-order valence-electron chi connectivity index (χ4n) is 2.69. The molecule has 1 aromatic carbocycles. The molecule has 1 aliphatic rings. The predicted octanol–water partition coefficient (Wildman–Crippen LogP) is 2.05. The molecule has 2 rings (SSSR count). The maximum Gasteiger partial charge on any atom is 0.514 e. The summed E-state index contributed by atoms with van der Waals surface area (Å²) >= 11 is 0.